The molecular weight excluding hydrogens is 438 g/mol. The molecule has 2 N–H and O–H groups in total. The highest BCUT2D eigenvalue weighted by Gasteiger charge is 2.54. The van der Waals surface area contributed by atoms with Gasteiger partial charge < -0.3 is 15.0 Å². The summed E-state index contributed by atoms with van der Waals surface area (Å²) in [6.07, 6.45) is 2.13. The molecule has 1 aliphatic carbocycles. The number of hydrogen-bond acceptors (Lipinski definition) is 6. The number of imidazole rings is 1. The first-order valence-electron chi connectivity index (χ1n) is 11.7. The maximum Gasteiger partial charge on any atom is 0.410 e. The zero-order valence-corrected chi connectivity index (χ0v) is 20.0. The molecule has 10 nitrogen and oxygen atoms in total. The van der Waals surface area contributed by atoms with E-state index in [0.29, 0.717) is 25.0 Å². The molecule has 1 spiro atoms. The molecule has 0 radical (unpaired) electrons. The summed E-state index contributed by atoms with van der Waals surface area (Å²) in [6.45, 7) is 7.00. The molecule has 182 valence electrons. The fourth-order valence-corrected chi connectivity index (χ4v) is 5.57. The number of piperidine rings is 1. The number of nitrogens with one attached hydrogen (secondary N) is 2. The van der Waals surface area contributed by atoms with E-state index in [9.17, 15) is 19.2 Å². The van der Waals surface area contributed by atoms with Gasteiger partial charge >= 0.3 is 11.8 Å². The average Bonchev–Trinajstić information content (AvgIpc) is 2.93. The smallest absolute Gasteiger partial charge is 0.410 e. The Kier molecular flexibility index (Phi) is 5.03. The number of carbonyl (C=O) groups excluding carboxylic acids is 3. The lowest BCUT2D eigenvalue weighted by Gasteiger charge is -2.58. The van der Waals surface area contributed by atoms with Crippen LogP contribution in [0.2, 0.25) is 0 Å². The zero-order chi connectivity index (χ0) is 24.4. The maximum absolute atomic E-state index is 13.1. The van der Waals surface area contributed by atoms with Crippen LogP contribution in [-0.4, -0.2) is 56.7 Å². The highest BCUT2D eigenvalue weighted by Crippen LogP contribution is 2.49. The number of hydrogen-bond donors (Lipinski definition) is 2. The van der Waals surface area contributed by atoms with E-state index >= 15 is 0 Å². The second-order valence-electron chi connectivity index (χ2n) is 10.9. The van der Waals surface area contributed by atoms with Crippen LogP contribution in [-0.2, 0) is 21.4 Å². The number of carbonyl (C=O) groups is 3. The Morgan fingerprint density at radius 3 is 2.53 bits per heavy atom. The molecule has 3 heterocycles. The minimum Gasteiger partial charge on any atom is -0.444 e. The van der Waals surface area contributed by atoms with Crippen molar-refractivity contribution in [3.8, 4) is 0 Å². The summed E-state index contributed by atoms with van der Waals surface area (Å²) in [4.78, 5) is 51.1. The number of imide groups is 1. The van der Waals surface area contributed by atoms with E-state index in [1.54, 1.807) is 16.5 Å². The summed E-state index contributed by atoms with van der Waals surface area (Å²) in [5.74, 6) is -0.748. The van der Waals surface area contributed by atoms with Crippen molar-refractivity contribution in [3.63, 3.8) is 0 Å². The molecule has 3 amide bonds. The molecule has 5 rings (SSSR count). The maximum atomic E-state index is 13.1. The van der Waals surface area contributed by atoms with Gasteiger partial charge in [-0.3, -0.25) is 24.0 Å². The van der Waals surface area contributed by atoms with E-state index in [1.165, 1.54) is 4.57 Å². The van der Waals surface area contributed by atoms with Crippen LogP contribution in [0.3, 0.4) is 0 Å². The summed E-state index contributed by atoms with van der Waals surface area (Å²) < 4.78 is 8.51. The summed E-state index contributed by atoms with van der Waals surface area (Å²) >= 11 is 0. The number of nitrogens with zero attached hydrogens (tertiary/aromatic N) is 3. The lowest BCUT2D eigenvalue weighted by molar-refractivity contribution is -0.135. The van der Waals surface area contributed by atoms with Crippen molar-refractivity contribution in [2.45, 2.75) is 64.1 Å². The fourth-order valence-electron chi connectivity index (χ4n) is 5.57. The second kappa shape index (κ2) is 7.61. The lowest BCUT2D eigenvalue weighted by atomic mass is 9.60. The number of fused-ring (bicyclic) bond motifs is 1. The number of ether oxygens (including phenoxy) is 1. The van der Waals surface area contributed by atoms with Gasteiger partial charge in [0.25, 0.3) is 0 Å². The van der Waals surface area contributed by atoms with Crippen LogP contribution in [0, 0.1) is 5.41 Å². The number of benzene rings is 1. The third-order valence-electron chi connectivity index (χ3n) is 7.05. The minimum atomic E-state index is -0.704. The number of anilines is 1. The van der Waals surface area contributed by atoms with Gasteiger partial charge in [-0.15, -0.1) is 0 Å². The SMILES string of the molecule is Cn1c(=O)n(C2CCC(=O)NC2=O)c2cccc(NC3CC4(C3)CN(C(=O)OC(C)(C)C)C4)c21. The van der Waals surface area contributed by atoms with Gasteiger partial charge in [0.05, 0.1) is 16.7 Å². The Bertz CT molecular complexity index is 1240. The van der Waals surface area contributed by atoms with Gasteiger partial charge in [-0.1, -0.05) is 6.07 Å². The van der Waals surface area contributed by atoms with Crippen LogP contribution in [0.5, 0.6) is 0 Å². The third kappa shape index (κ3) is 3.74. The van der Waals surface area contributed by atoms with Gasteiger partial charge in [-0.05, 0) is 52.2 Å². The molecule has 3 aliphatic rings. The van der Waals surface area contributed by atoms with Crippen molar-refractivity contribution >= 4 is 34.6 Å². The Hall–Kier alpha value is -3.30. The summed E-state index contributed by atoms with van der Waals surface area (Å²) in [7, 11) is 1.70. The molecule has 2 aromatic rings. The number of aryl methyl sites for hydroxylation is 1. The van der Waals surface area contributed by atoms with Crippen LogP contribution in [0.1, 0.15) is 52.5 Å². The molecular formula is C24H31N5O5. The van der Waals surface area contributed by atoms with Gasteiger partial charge in [0.2, 0.25) is 11.8 Å². The van der Waals surface area contributed by atoms with Crippen LogP contribution >= 0.6 is 0 Å². The third-order valence-corrected chi connectivity index (χ3v) is 7.05. The van der Waals surface area contributed by atoms with E-state index in [4.69, 9.17) is 4.74 Å². The Morgan fingerprint density at radius 1 is 1.18 bits per heavy atom. The minimum absolute atomic E-state index is 0.132. The standard InChI is InChI=1S/C24H31N5O5/c1-23(2,3)34-22(33)28-12-24(13-28)10-14(11-24)25-15-6-5-7-16-19(15)27(4)21(32)29(16)17-8-9-18(30)26-20(17)31/h5-7,14,17,25H,8-13H2,1-4H3,(H,26,30,31). The zero-order valence-electron chi connectivity index (χ0n) is 20.0. The molecule has 10 heteroatoms. The first-order chi connectivity index (χ1) is 16.0. The molecule has 3 fully saturated rings. The Morgan fingerprint density at radius 2 is 1.88 bits per heavy atom. The van der Waals surface area contributed by atoms with E-state index < -0.39 is 17.6 Å². The molecule has 1 unspecified atom stereocenters. The van der Waals surface area contributed by atoms with Crippen molar-refractivity contribution in [2.24, 2.45) is 12.5 Å². The number of para-hydroxylation sites is 1. The van der Waals surface area contributed by atoms with E-state index in [2.05, 4.69) is 10.6 Å². The Balaban J connectivity index is 1.29. The molecule has 1 aromatic heterocycles. The van der Waals surface area contributed by atoms with Crippen LogP contribution in [0.15, 0.2) is 23.0 Å². The summed E-state index contributed by atoms with van der Waals surface area (Å²) in [5.41, 5.74) is 1.60. The number of amides is 3. The number of likely N-dealkylation sites (tertiary alicyclic amines) is 1. The highest BCUT2D eigenvalue weighted by atomic mass is 16.6. The molecule has 1 aromatic carbocycles. The molecule has 0 bridgehead atoms. The molecule has 2 saturated heterocycles. The second-order valence-corrected chi connectivity index (χ2v) is 10.9. The lowest BCUT2D eigenvalue weighted by Crippen LogP contribution is -2.66. The van der Waals surface area contributed by atoms with Gasteiger partial charge in [0.1, 0.15) is 11.6 Å². The van der Waals surface area contributed by atoms with Crippen molar-refractivity contribution in [1.82, 2.24) is 19.4 Å². The van der Waals surface area contributed by atoms with Gasteiger partial charge in [0.15, 0.2) is 0 Å². The monoisotopic (exact) mass is 469 g/mol. The number of rotatable bonds is 3. The predicted molar refractivity (Wildman–Crippen MR) is 125 cm³/mol. The summed E-state index contributed by atoms with van der Waals surface area (Å²) in [6, 6.07) is 5.17. The number of aromatic nitrogens is 2. The topological polar surface area (TPSA) is 115 Å². The van der Waals surface area contributed by atoms with Crippen molar-refractivity contribution < 1.29 is 19.1 Å². The van der Waals surface area contributed by atoms with Gasteiger partial charge in [-0.2, -0.15) is 0 Å². The van der Waals surface area contributed by atoms with Crippen LogP contribution in [0.4, 0.5) is 10.5 Å². The van der Waals surface area contributed by atoms with E-state index in [1.807, 2.05) is 39.0 Å². The van der Waals surface area contributed by atoms with Crippen LogP contribution in [0.25, 0.3) is 11.0 Å². The van der Waals surface area contributed by atoms with Crippen molar-refractivity contribution in [3.05, 3.63) is 28.7 Å². The van der Waals surface area contributed by atoms with Crippen molar-refractivity contribution in [2.75, 3.05) is 18.4 Å². The van der Waals surface area contributed by atoms with Gasteiger partial charge in [0, 0.05) is 38.0 Å². The first kappa shape index (κ1) is 22.5. The average molecular weight is 470 g/mol. The fraction of sp³-hybridized carbons (Fsp3) is 0.583. The molecule has 34 heavy (non-hydrogen) atoms. The van der Waals surface area contributed by atoms with E-state index in [-0.39, 0.29) is 35.6 Å². The first-order valence-corrected chi connectivity index (χ1v) is 11.7. The predicted octanol–water partition coefficient (Wildman–Crippen LogP) is 2.13. The van der Waals surface area contributed by atoms with E-state index in [0.717, 1.165) is 24.0 Å². The van der Waals surface area contributed by atoms with Gasteiger partial charge in [-0.25, -0.2) is 9.59 Å². The molecule has 2 aliphatic heterocycles. The van der Waals surface area contributed by atoms with Crippen LogP contribution < -0.4 is 16.3 Å². The molecule has 1 atom stereocenters. The highest BCUT2D eigenvalue weighted by molar-refractivity contribution is 6.00. The molecule has 1 saturated carbocycles. The van der Waals surface area contributed by atoms with Crippen molar-refractivity contribution in [1.29, 1.82) is 0 Å². The summed E-state index contributed by atoms with van der Waals surface area (Å²) in [5, 5.41) is 5.91. The largest absolute Gasteiger partial charge is 0.444 e. The normalized spacial score (nSPS) is 22.4. The Labute approximate surface area is 197 Å². The quantitative estimate of drug-likeness (QED) is 0.666.